The summed E-state index contributed by atoms with van der Waals surface area (Å²) in [5, 5.41) is 0. The Balaban J connectivity index is 1.97. The van der Waals surface area contributed by atoms with Crippen molar-refractivity contribution in [3.05, 3.63) is 35.6 Å². The largest absolute Gasteiger partial charge is 0.339 e. The molecule has 0 unspecified atom stereocenters. The molecule has 6 heteroatoms. The lowest BCUT2D eigenvalue weighted by atomic mass is 9.98. The average molecular weight is 299 g/mol. The average Bonchev–Trinajstić information content (AvgIpc) is 2.37. The first-order chi connectivity index (χ1) is 9.37. The van der Waals surface area contributed by atoms with Crippen LogP contribution < -0.4 is 0 Å². The van der Waals surface area contributed by atoms with Crippen molar-refractivity contribution in [3.63, 3.8) is 0 Å². The van der Waals surface area contributed by atoms with E-state index in [0.717, 1.165) is 0 Å². The monoisotopic (exact) mass is 299 g/mol. The molecule has 110 valence electrons. The summed E-state index contributed by atoms with van der Waals surface area (Å²) < 4.78 is 36.1. The van der Waals surface area contributed by atoms with Crippen LogP contribution in [0.5, 0.6) is 0 Å². The van der Waals surface area contributed by atoms with E-state index in [1.807, 2.05) is 0 Å². The normalized spacial score (nSPS) is 17.2. The van der Waals surface area contributed by atoms with E-state index in [1.165, 1.54) is 18.4 Å². The number of likely N-dealkylation sites (tertiary alicyclic amines) is 1. The highest BCUT2D eigenvalue weighted by molar-refractivity contribution is 7.90. The molecule has 0 saturated carbocycles. The van der Waals surface area contributed by atoms with Crippen molar-refractivity contribution in [3.8, 4) is 0 Å². The minimum Gasteiger partial charge on any atom is -0.339 e. The molecule has 20 heavy (non-hydrogen) atoms. The summed E-state index contributed by atoms with van der Waals surface area (Å²) in [7, 11) is -2.98. The molecule has 1 aliphatic rings. The first-order valence-electron chi connectivity index (χ1n) is 6.58. The molecule has 1 aliphatic heterocycles. The predicted molar refractivity (Wildman–Crippen MR) is 74.7 cm³/mol. The second-order valence-corrected chi connectivity index (χ2v) is 7.49. The maximum Gasteiger partial charge on any atom is 0.256 e. The van der Waals surface area contributed by atoms with Crippen molar-refractivity contribution < 1.29 is 17.6 Å². The van der Waals surface area contributed by atoms with Crippen LogP contribution >= 0.6 is 0 Å². The topological polar surface area (TPSA) is 54.5 Å². The van der Waals surface area contributed by atoms with Gasteiger partial charge in [-0.25, -0.2) is 12.8 Å². The number of hydrogen-bond acceptors (Lipinski definition) is 3. The summed E-state index contributed by atoms with van der Waals surface area (Å²) in [4.78, 5) is 13.8. The molecule has 4 nitrogen and oxygen atoms in total. The van der Waals surface area contributed by atoms with Crippen LogP contribution in [-0.2, 0) is 9.84 Å². The zero-order valence-corrected chi connectivity index (χ0v) is 12.2. The number of rotatable bonds is 3. The number of sulfone groups is 1. The van der Waals surface area contributed by atoms with Crippen molar-refractivity contribution >= 4 is 15.7 Å². The van der Waals surface area contributed by atoms with E-state index < -0.39 is 15.7 Å². The third-order valence-electron chi connectivity index (χ3n) is 3.54. The van der Waals surface area contributed by atoms with Crippen molar-refractivity contribution in [2.75, 3.05) is 25.1 Å². The van der Waals surface area contributed by atoms with Crippen LogP contribution in [0.25, 0.3) is 0 Å². The molecular formula is C14H18FNO3S. The number of nitrogens with zero attached hydrogens (tertiary/aromatic N) is 1. The smallest absolute Gasteiger partial charge is 0.256 e. The lowest BCUT2D eigenvalue weighted by Gasteiger charge is -2.31. The van der Waals surface area contributed by atoms with E-state index in [1.54, 1.807) is 17.0 Å². The Morgan fingerprint density at radius 2 is 1.90 bits per heavy atom. The highest BCUT2D eigenvalue weighted by Crippen LogP contribution is 2.21. The maximum absolute atomic E-state index is 13.6. The van der Waals surface area contributed by atoms with Gasteiger partial charge >= 0.3 is 0 Å². The van der Waals surface area contributed by atoms with Crippen LogP contribution in [0.4, 0.5) is 4.39 Å². The summed E-state index contributed by atoms with van der Waals surface area (Å²) in [6, 6.07) is 5.92. The quantitative estimate of drug-likeness (QED) is 0.854. The van der Waals surface area contributed by atoms with Crippen molar-refractivity contribution in [2.24, 2.45) is 5.92 Å². The molecule has 1 amide bonds. The number of halogens is 1. The van der Waals surface area contributed by atoms with Crippen LogP contribution in [0.1, 0.15) is 23.2 Å². The fourth-order valence-electron chi connectivity index (χ4n) is 2.54. The van der Waals surface area contributed by atoms with Gasteiger partial charge in [-0.05, 0) is 30.9 Å². The zero-order chi connectivity index (χ0) is 14.8. The van der Waals surface area contributed by atoms with Gasteiger partial charge < -0.3 is 4.90 Å². The SMILES string of the molecule is CS(=O)(=O)CC1CCN(C(=O)c2ccccc2F)CC1. The Morgan fingerprint density at radius 3 is 2.45 bits per heavy atom. The van der Waals surface area contributed by atoms with Gasteiger partial charge in [0, 0.05) is 19.3 Å². The summed E-state index contributed by atoms with van der Waals surface area (Å²) in [5.41, 5.74) is 0.0778. The highest BCUT2D eigenvalue weighted by atomic mass is 32.2. The van der Waals surface area contributed by atoms with Crippen molar-refractivity contribution in [2.45, 2.75) is 12.8 Å². The third kappa shape index (κ3) is 3.79. The standard InChI is InChI=1S/C14H18FNO3S/c1-20(18,19)10-11-6-8-16(9-7-11)14(17)12-4-2-3-5-13(12)15/h2-5,11H,6-10H2,1H3. The molecule has 1 aromatic carbocycles. The zero-order valence-electron chi connectivity index (χ0n) is 11.4. The minimum atomic E-state index is -2.98. The van der Waals surface area contributed by atoms with E-state index in [9.17, 15) is 17.6 Å². The summed E-state index contributed by atoms with van der Waals surface area (Å²) in [6.07, 6.45) is 2.52. The van der Waals surface area contributed by atoms with Crippen molar-refractivity contribution in [1.29, 1.82) is 0 Å². The Kier molecular flexibility index (Phi) is 4.42. The Morgan fingerprint density at radius 1 is 1.30 bits per heavy atom. The lowest BCUT2D eigenvalue weighted by Crippen LogP contribution is -2.40. The van der Waals surface area contributed by atoms with Gasteiger partial charge in [0.15, 0.2) is 0 Å². The van der Waals surface area contributed by atoms with E-state index in [2.05, 4.69) is 0 Å². The van der Waals surface area contributed by atoms with Gasteiger partial charge in [0.25, 0.3) is 5.91 Å². The fraction of sp³-hybridized carbons (Fsp3) is 0.500. The van der Waals surface area contributed by atoms with Crippen LogP contribution in [-0.4, -0.2) is 44.3 Å². The maximum atomic E-state index is 13.6. The van der Waals surface area contributed by atoms with Gasteiger partial charge in [0.1, 0.15) is 15.7 Å². The molecule has 1 heterocycles. The third-order valence-corrected chi connectivity index (χ3v) is 4.62. The van der Waals surface area contributed by atoms with Crippen LogP contribution in [0.2, 0.25) is 0 Å². The number of carbonyl (C=O) groups is 1. The van der Waals surface area contributed by atoms with Gasteiger partial charge in [-0.1, -0.05) is 12.1 Å². The van der Waals surface area contributed by atoms with Gasteiger partial charge in [-0.15, -0.1) is 0 Å². The molecule has 0 bridgehead atoms. The molecule has 0 aliphatic carbocycles. The van der Waals surface area contributed by atoms with Gasteiger partial charge in [-0.2, -0.15) is 0 Å². The first kappa shape index (κ1) is 15.0. The second kappa shape index (κ2) is 5.91. The van der Waals surface area contributed by atoms with E-state index in [-0.39, 0.29) is 23.1 Å². The van der Waals surface area contributed by atoms with Crippen LogP contribution in [0, 0.1) is 11.7 Å². The Labute approximate surface area is 118 Å². The van der Waals surface area contributed by atoms with Crippen molar-refractivity contribution in [1.82, 2.24) is 4.90 Å². The lowest BCUT2D eigenvalue weighted by molar-refractivity contribution is 0.0693. The molecular weight excluding hydrogens is 281 g/mol. The minimum absolute atomic E-state index is 0.0778. The Hall–Kier alpha value is -1.43. The Bertz CT molecular complexity index is 592. The molecule has 1 saturated heterocycles. The molecule has 2 rings (SSSR count). The molecule has 0 N–H and O–H groups in total. The predicted octanol–water partition coefficient (Wildman–Crippen LogP) is 1.72. The summed E-state index contributed by atoms with van der Waals surface area (Å²) in [6.45, 7) is 0.959. The molecule has 0 atom stereocenters. The molecule has 0 aromatic heterocycles. The number of piperidine rings is 1. The number of hydrogen-bond donors (Lipinski definition) is 0. The number of carbonyl (C=O) groups excluding carboxylic acids is 1. The van der Waals surface area contributed by atoms with E-state index in [4.69, 9.17) is 0 Å². The molecule has 1 fully saturated rings. The van der Waals surface area contributed by atoms with Crippen LogP contribution in [0.3, 0.4) is 0 Å². The van der Waals surface area contributed by atoms with E-state index >= 15 is 0 Å². The summed E-state index contributed by atoms with van der Waals surface area (Å²) in [5.74, 6) is -0.583. The molecule has 1 aromatic rings. The second-order valence-electron chi connectivity index (χ2n) is 5.31. The molecule has 0 radical (unpaired) electrons. The molecule has 0 spiro atoms. The highest BCUT2D eigenvalue weighted by Gasteiger charge is 2.26. The van der Waals surface area contributed by atoms with Gasteiger partial charge in [0.2, 0.25) is 0 Å². The van der Waals surface area contributed by atoms with Gasteiger partial charge in [-0.3, -0.25) is 4.79 Å². The van der Waals surface area contributed by atoms with Gasteiger partial charge in [0.05, 0.1) is 11.3 Å². The summed E-state index contributed by atoms with van der Waals surface area (Å²) >= 11 is 0. The fourth-order valence-corrected chi connectivity index (χ4v) is 3.73. The first-order valence-corrected chi connectivity index (χ1v) is 8.64. The number of amides is 1. The van der Waals surface area contributed by atoms with E-state index in [0.29, 0.717) is 25.9 Å². The number of benzene rings is 1. The van der Waals surface area contributed by atoms with Crippen LogP contribution in [0.15, 0.2) is 24.3 Å².